The Morgan fingerprint density at radius 1 is 1.22 bits per heavy atom. The summed E-state index contributed by atoms with van der Waals surface area (Å²) in [5.74, 6) is 0. The van der Waals surface area contributed by atoms with Gasteiger partial charge in [0.2, 0.25) is 0 Å². The zero-order valence-electron chi connectivity index (χ0n) is 10.7. The minimum atomic E-state index is 0.161. The number of aryl methyl sites for hydroxylation is 1. The van der Waals surface area contributed by atoms with Crippen molar-refractivity contribution in [1.29, 1.82) is 0 Å². The van der Waals surface area contributed by atoms with Crippen LogP contribution < -0.4 is 0 Å². The summed E-state index contributed by atoms with van der Waals surface area (Å²) in [6.45, 7) is 4.92. The Bertz CT molecular complexity index is 531. The summed E-state index contributed by atoms with van der Waals surface area (Å²) in [5, 5.41) is 14.3. The van der Waals surface area contributed by atoms with Crippen LogP contribution in [0.2, 0.25) is 5.02 Å². The van der Waals surface area contributed by atoms with Gasteiger partial charge in [0.1, 0.15) is 0 Å². The largest absolute Gasteiger partial charge is 0.396 e. The third-order valence-corrected chi connectivity index (χ3v) is 3.39. The van der Waals surface area contributed by atoms with Crippen molar-refractivity contribution >= 4 is 11.6 Å². The van der Waals surface area contributed by atoms with Gasteiger partial charge in [-0.3, -0.25) is 4.68 Å². The molecule has 2 rings (SSSR count). The summed E-state index contributed by atoms with van der Waals surface area (Å²) in [7, 11) is 0. The van der Waals surface area contributed by atoms with Crippen LogP contribution >= 0.6 is 11.6 Å². The van der Waals surface area contributed by atoms with Gasteiger partial charge in [-0.25, -0.2) is 0 Å². The van der Waals surface area contributed by atoms with Gasteiger partial charge in [0.25, 0.3) is 0 Å². The van der Waals surface area contributed by atoms with Gasteiger partial charge in [0, 0.05) is 17.3 Å². The lowest BCUT2D eigenvalue weighted by atomic mass is 10.1. The third kappa shape index (κ3) is 2.74. The Balaban J connectivity index is 2.24. The fraction of sp³-hybridized carbons (Fsp3) is 0.357. The molecule has 1 N–H and O–H groups in total. The van der Waals surface area contributed by atoms with Crippen LogP contribution in [-0.2, 0) is 13.0 Å². The molecule has 0 bridgehead atoms. The second-order valence-corrected chi connectivity index (χ2v) is 4.84. The van der Waals surface area contributed by atoms with Crippen LogP contribution in [0.1, 0.15) is 22.5 Å². The minimum Gasteiger partial charge on any atom is -0.396 e. The molecule has 0 unspecified atom stereocenters. The van der Waals surface area contributed by atoms with E-state index in [1.54, 1.807) is 0 Å². The number of aromatic nitrogens is 2. The number of aliphatic hydroxyl groups excluding tert-OH is 1. The molecule has 3 nitrogen and oxygen atoms in total. The van der Waals surface area contributed by atoms with E-state index in [1.165, 1.54) is 5.56 Å². The molecule has 1 aromatic heterocycles. The van der Waals surface area contributed by atoms with Gasteiger partial charge in [-0.2, -0.15) is 5.10 Å². The van der Waals surface area contributed by atoms with Crippen LogP contribution in [-0.4, -0.2) is 21.5 Å². The Labute approximate surface area is 112 Å². The highest BCUT2D eigenvalue weighted by Gasteiger charge is 2.10. The maximum Gasteiger partial charge on any atom is 0.0662 e. The Hall–Kier alpha value is -1.32. The van der Waals surface area contributed by atoms with Gasteiger partial charge in [-0.15, -0.1) is 0 Å². The van der Waals surface area contributed by atoms with Crippen molar-refractivity contribution in [2.24, 2.45) is 0 Å². The first-order chi connectivity index (χ1) is 8.61. The predicted octanol–water partition coefficient (Wildman–Crippen LogP) is 2.74. The molecule has 0 amide bonds. The number of hydrogen-bond acceptors (Lipinski definition) is 2. The maximum atomic E-state index is 9.05. The summed E-state index contributed by atoms with van der Waals surface area (Å²) in [4.78, 5) is 0. The van der Waals surface area contributed by atoms with Gasteiger partial charge in [0.15, 0.2) is 0 Å². The number of benzene rings is 1. The third-order valence-electron chi connectivity index (χ3n) is 3.14. The number of halogens is 1. The van der Waals surface area contributed by atoms with Crippen molar-refractivity contribution in [3.8, 4) is 0 Å². The Kier molecular flexibility index (Phi) is 4.04. The highest BCUT2D eigenvalue weighted by Crippen LogP contribution is 2.16. The second kappa shape index (κ2) is 5.55. The monoisotopic (exact) mass is 264 g/mol. The first-order valence-electron chi connectivity index (χ1n) is 6.00. The quantitative estimate of drug-likeness (QED) is 0.922. The molecule has 0 atom stereocenters. The van der Waals surface area contributed by atoms with Gasteiger partial charge in [0.05, 0.1) is 12.2 Å². The van der Waals surface area contributed by atoms with Crippen LogP contribution in [0.15, 0.2) is 24.3 Å². The summed E-state index contributed by atoms with van der Waals surface area (Å²) in [5.41, 5.74) is 4.43. The first-order valence-corrected chi connectivity index (χ1v) is 6.38. The molecule has 0 aliphatic carbocycles. The van der Waals surface area contributed by atoms with Gasteiger partial charge >= 0.3 is 0 Å². The zero-order valence-corrected chi connectivity index (χ0v) is 11.4. The van der Waals surface area contributed by atoms with E-state index in [2.05, 4.69) is 5.10 Å². The molecule has 2 aromatic rings. The molecule has 0 aliphatic heterocycles. The molecule has 1 heterocycles. The number of nitrogens with zero attached hydrogens (tertiary/aromatic N) is 2. The van der Waals surface area contributed by atoms with Crippen molar-refractivity contribution in [1.82, 2.24) is 9.78 Å². The standard InChI is InChI=1S/C14H17ClN2O/c1-10-14(7-8-18)11(2)17(16-10)9-12-3-5-13(15)6-4-12/h3-6,18H,7-9H2,1-2H3. The predicted molar refractivity (Wildman–Crippen MR) is 73.0 cm³/mol. The zero-order chi connectivity index (χ0) is 13.1. The van der Waals surface area contributed by atoms with E-state index in [9.17, 15) is 0 Å². The Morgan fingerprint density at radius 3 is 2.50 bits per heavy atom. The van der Waals surface area contributed by atoms with E-state index in [-0.39, 0.29) is 6.61 Å². The molecule has 0 saturated heterocycles. The fourth-order valence-corrected chi connectivity index (χ4v) is 2.25. The summed E-state index contributed by atoms with van der Waals surface area (Å²) in [6, 6.07) is 7.78. The van der Waals surface area contributed by atoms with Gasteiger partial charge in [-0.1, -0.05) is 23.7 Å². The molecule has 0 fully saturated rings. The molecule has 0 aliphatic rings. The molecule has 96 valence electrons. The molecule has 18 heavy (non-hydrogen) atoms. The normalized spacial score (nSPS) is 10.9. The SMILES string of the molecule is Cc1nn(Cc2ccc(Cl)cc2)c(C)c1CCO. The lowest BCUT2D eigenvalue weighted by molar-refractivity contribution is 0.299. The van der Waals surface area contributed by atoms with E-state index in [0.717, 1.165) is 28.5 Å². The van der Waals surface area contributed by atoms with Crippen LogP contribution in [0.5, 0.6) is 0 Å². The molecule has 0 spiro atoms. The molecular formula is C14H17ClN2O. The maximum absolute atomic E-state index is 9.05. The summed E-state index contributed by atoms with van der Waals surface area (Å²) < 4.78 is 1.98. The van der Waals surface area contributed by atoms with E-state index >= 15 is 0 Å². The first kappa shape index (κ1) is 13.1. The summed E-state index contributed by atoms with van der Waals surface area (Å²) in [6.07, 6.45) is 0.665. The van der Waals surface area contributed by atoms with E-state index in [4.69, 9.17) is 16.7 Å². The Morgan fingerprint density at radius 2 is 1.89 bits per heavy atom. The van der Waals surface area contributed by atoms with Crippen molar-refractivity contribution in [3.63, 3.8) is 0 Å². The topological polar surface area (TPSA) is 38.0 Å². The van der Waals surface area contributed by atoms with Crippen LogP contribution in [0.25, 0.3) is 0 Å². The van der Waals surface area contributed by atoms with Gasteiger partial charge in [-0.05, 0) is 43.5 Å². The van der Waals surface area contributed by atoms with E-state index < -0.39 is 0 Å². The molecular weight excluding hydrogens is 248 g/mol. The highest BCUT2D eigenvalue weighted by molar-refractivity contribution is 6.30. The van der Waals surface area contributed by atoms with E-state index in [1.807, 2.05) is 42.8 Å². The van der Waals surface area contributed by atoms with Crippen molar-refractivity contribution in [2.45, 2.75) is 26.8 Å². The fourth-order valence-electron chi connectivity index (χ4n) is 2.12. The van der Waals surface area contributed by atoms with Crippen molar-refractivity contribution in [2.75, 3.05) is 6.61 Å². The molecule has 0 saturated carbocycles. The van der Waals surface area contributed by atoms with Crippen LogP contribution in [0.4, 0.5) is 0 Å². The molecule has 1 aromatic carbocycles. The van der Waals surface area contributed by atoms with Crippen LogP contribution in [0, 0.1) is 13.8 Å². The lowest BCUT2D eigenvalue weighted by Gasteiger charge is -2.05. The van der Waals surface area contributed by atoms with E-state index in [0.29, 0.717) is 6.42 Å². The van der Waals surface area contributed by atoms with Crippen LogP contribution in [0.3, 0.4) is 0 Å². The number of hydrogen-bond donors (Lipinski definition) is 1. The average Bonchev–Trinajstić information content (AvgIpc) is 2.60. The summed E-state index contributed by atoms with van der Waals surface area (Å²) >= 11 is 5.87. The highest BCUT2D eigenvalue weighted by atomic mass is 35.5. The van der Waals surface area contributed by atoms with Gasteiger partial charge < -0.3 is 5.11 Å². The number of rotatable bonds is 4. The lowest BCUT2D eigenvalue weighted by Crippen LogP contribution is -2.04. The van der Waals surface area contributed by atoms with Crippen molar-refractivity contribution < 1.29 is 5.11 Å². The average molecular weight is 265 g/mol. The smallest absolute Gasteiger partial charge is 0.0662 e. The second-order valence-electron chi connectivity index (χ2n) is 4.41. The molecule has 4 heteroatoms. The number of aliphatic hydroxyl groups is 1. The molecule has 0 radical (unpaired) electrons. The minimum absolute atomic E-state index is 0.161. The van der Waals surface area contributed by atoms with Crippen molar-refractivity contribution in [3.05, 3.63) is 51.8 Å².